The number of ether oxygens (including phenoxy) is 2. The second kappa shape index (κ2) is 11.8. The van der Waals surface area contributed by atoms with Crippen molar-refractivity contribution < 1.29 is 14.3 Å². The third kappa shape index (κ3) is 5.82. The number of thiophene rings is 1. The van der Waals surface area contributed by atoms with E-state index in [-0.39, 0.29) is 5.91 Å². The van der Waals surface area contributed by atoms with E-state index in [1.165, 1.54) is 16.0 Å². The Bertz CT molecular complexity index is 1520. The molecule has 1 aliphatic rings. The lowest BCUT2D eigenvalue weighted by atomic mass is 9.95. The summed E-state index contributed by atoms with van der Waals surface area (Å²) >= 11 is 5.35. The Balaban J connectivity index is 1.35. The maximum Gasteiger partial charge on any atom is 0.274 e. The van der Waals surface area contributed by atoms with Crippen molar-refractivity contribution in [3.05, 3.63) is 97.1 Å². The number of aryl methyl sites for hydroxylation is 4. The van der Waals surface area contributed by atoms with Gasteiger partial charge in [-0.2, -0.15) is 5.10 Å². The summed E-state index contributed by atoms with van der Waals surface area (Å²) in [6.07, 6.45) is 5.83. The number of nitrogens with zero attached hydrogens (tertiary/aromatic N) is 2. The Morgan fingerprint density at radius 3 is 2.49 bits per heavy atom. The molecule has 6 nitrogen and oxygen atoms in total. The molecule has 2 aromatic heterocycles. The second-order valence-corrected chi connectivity index (χ2v) is 11.8. The number of hydrogen-bond donors (Lipinski definition) is 1. The molecule has 39 heavy (non-hydrogen) atoms. The fourth-order valence-corrected chi connectivity index (χ4v) is 6.84. The molecule has 2 heterocycles. The van der Waals surface area contributed by atoms with Crippen LogP contribution in [0.1, 0.15) is 61.7 Å². The predicted octanol–water partition coefficient (Wildman–Crippen LogP) is 7.46. The van der Waals surface area contributed by atoms with Crippen LogP contribution in [-0.2, 0) is 19.4 Å². The van der Waals surface area contributed by atoms with Gasteiger partial charge in [-0.1, -0.05) is 29.8 Å². The van der Waals surface area contributed by atoms with E-state index in [0.717, 1.165) is 63.2 Å². The number of amides is 1. The number of hydrogen-bond acceptors (Lipinski definition) is 5. The zero-order valence-electron chi connectivity index (χ0n) is 22.6. The lowest BCUT2D eigenvalue weighted by molar-refractivity contribution is 0.0954. The summed E-state index contributed by atoms with van der Waals surface area (Å²) < 4.78 is 14.6. The van der Waals surface area contributed by atoms with Gasteiger partial charge in [0.1, 0.15) is 11.6 Å². The maximum absolute atomic E-state index is 13.5. The standard InChI is InChI=1S/C31H32BrN3O3S/c1-19-9-13-22(14-10-19)18-38-27-16-25(32)23(15-26(27)37-4)17-33-34-30(36)29-24-7-5-6-8-28(24)39-31(29)35-20(2)11-12-21(35)3/h9-17H,5-8,18H2,1-4H3,(H,34,36)/b33-17-. The van der Waals surface area contributed by atoms with Gasteiger partial charge < -0.3 is 14.0 Å². The highest BCUT2D eigenvalue weighted by Gasteiger charge is 2.27. The zero-order chi connectivity index (χ0) is 27.5. The highest BCUT2D eigenvalue weighted by Crippen LogP contribution is 2.38. The van der Waals surface area contributed by atoms with Crippen LogP contribution in [0.5, 0.6) is 11.5 Å². The monoisotopic (exact) mass is 605 g/mol. The van der Waals surface area contributed by atoms with E-state index in [0.29, 0.717) is 18.1 Å². The van der Waals surface area contributed by atoms with Gasteiger partial charge in [-0.15, -0.1) is 11.3 Å². The van der Waals surface area contributed by atoms with Crippen molar-refractivity contribution in [2.45, 2.75) is 53.1 Å². The minimum absolute atomic E-state index is 0.186. The van der Waals surface area contributed by atoms with E-state index in [9.17, 15) is 4.79 Å². The van der Waals surface area contributed by atoms with Gasteiger partial charge >= 0.3 is 0 Å². The molecule has 4 aromatic rings. The molecule has 8 heteroatoms. The second-order valence-electron chi connectivity index (χ2n) is 9.84. The fourth-order valence-electron chi connectivity index (χ4n) is 4.92. The van der Waals surface area contributed by atoms with Crippen LogP contribution in [0.3, 0.4) is 0 Å². The summed E-state index contributed by atoms with van der Waals surface area (Å²) in [5.74, 6) is 1.03. The maximum atomic E-state index is 13.5. The SMILES string of the molecule is COc1cc(/C=N\NC(=O)c2c(-n3c(C)ccc3C)sc3c2CCCC3)c(Br)cc1OCc1ccc(C)cc1. The molecule has 0 atom stereocenters. The molecule has 0 fully saturated rings. The first-order valence-corrected chi connectivity index (χ1v) is 14.7. The number of carbonyl (C=O) groups is 1. The van der Waals surface area contributed by atoms with E-state index in [1.807, 2.05) is 12.1 Å². The molecule has 1 aliphatic carbocycles. The molecule has 0 aliphatic heterocycles. The van der Waals surface area contributed by atoms with Crippen molar-refractivity contribution in [2.24, 2.45) is 5.10 Å². The number of benzene rings is 2. The molecular formula is C31H32BrN3O3S. The number of rotatable bonds is 8. The lowest BCUT2D eigenvalue weighted by Gasteiger charge is -2.14. The van der Waals surface area contributed by atoms with E-state index < -0.39 is 0 Å². The van der Waals surface area contributed by atoms with Crippen molar-refractivity contribution >= 4 is 39.4 Å². The van der Waals surface area contributed by atoms with Gasteiger partial charge in [-0.3, -0.25) is 4.79 Å². The highest BCUT2D eigenvalue weighted by molar-refractivity contribution is 9.10. The summed E-state index contributed by atoms with van der Waals surface area (Å²) in [4.78, 5) is 14.8. The van der Waals surface area contributed by atoms with Crippen LogP contribution in [0.25, 0.3) is 5.00 Å². The molecule has 0 unspecified atom stereocenters. The van der Waals surface area contributed by atoms with Gasteiger partial charge in [0.2, 0.25) is 0 Å². The van der Waals surface area contributed by atoms with Gasteiger partial charge in [0.05, 0.1) is 18.9 Å². The minimum atomic E-state index is -0.186. The van der Waals surface area contributed by atoms with Crippen LogP contribution in [0.4, 0.5) is 0 Å². The number of methoxy groups -OCH3 is 1. The molecule has 2 aromatic carbocycles. The van der Waals surface area contributed by atoms with Crippen molar-refractivity contribution in [3.8, 4) is 16.5 Å². The zero-order valence-corrected chi connectivity index (χ0v) is 25.0. The van der Waals surface area contributed by atoms with Gasteiger partial charge in [-0.05, 0) is 97.8 Å². The molecule has 0 spiro atoms. The normalized spacial score (nSPS) is 12.9. The van der Waals surface area contributed by atoms with Gasteiger partial charge in [0.15, 0.2) is 11.5 Å². The van der Waals surface area contributed by atoms with Crippen LogP contribution < -0.4 is 14.9 Å². The lowest BCUT2D eigenvalue weighted by Crippen LogP contribution is -2.21. The molecular weight excluding hydrogens is 574 g/mol. The molecule has 1 N–H and O–H groups in total. The smallest absolute Gasteiger partial charge is 0.274 e. The highest BCUT2D eigenvalue weighted by atomic mass is 79.9. The molecule has 0 bridgehead atoms. The van der Waals surface area contributed by atoms with E-state index in [4.69, 9.17) is 9.47 Å². The Morgan fingerprint density at radius 1 is 1.05 bits per heavy atom. The summed E-state index contributed by atoms with van der Waals surface area (Å²) in [6, 6.07) is 16.1. The van der Waals surface area contributed by atoms with Crippen LogP contribution >= 0.6 is 27.3 Å². The number of nitrogens with one attached hydrogen (secondary N) is 1. The number of halogens is 1. The van der Waals surface area contributed by atoms with Crippen LogP contribution in [0.2, 0.25) is 0 Å². The minimum Gasteiger partial charge on any atom is -0.493 e. The van der Waals surface area contributed by atoms with Gasteiger partial charge in [0, 0.05) is 26.3 Å². The summed E-state index contributed by atoms with van der Waals surface area (Å²) in [5, 5.41) is 5.31. The number of fused-ring (bicyclic) bond motifs is 1. The van der Waals surface area contributed by atoms with Crippen LogP contribution in [0.15, 0.2) is 58.1 Å². The first-order valence-electron chi connectivity index (χ1n) is 13.0. The van der Waals surface area contributed by atoms with Gasteiger partial charge in [-0.25, -0.2) is 5.43 Å². The largest absolute Gasteiger partial charge is 0.493 e. The average molecular weight is 607 g/mol. The van der Waals surface area contributed by atoms with Crippen LogP contribution in [0, 0.1) is 20.8 Å². The summed E-state index contributed by atoms with van der Waals surface area (Å²) in [6.45, 7) is 6.64. The molecule has 0 radical (unpaired) electrons. The number of hydrazone groups is 1. The van der Waals surface area contributed by atoms with Crippen molar-refractivity contribution in [3.63, 3.8) is 0 Å². The van der Waals surface area contributed by atoms with Crippen molar-refractivity contribution in [2.75, 3.05) is 7.11 Å². The van der Waals surface area contributed by atoms with Crippen molar-refractivity contribution in [1.82, 2.24) is 9.99 Å². The Labute approximate surface area is 241 Å². The van der Waals surface area contributed by atoms with Gasteiger partial charge in [0.25, 0.3) is 5.91 Å². The Kier molecular flexibility index (Phi) is 8.23. The first-order chi connectivity index (χ1) is 18.9. The summed E-state index contributed by atoms with van der Waals surface area (Å²) in [7, 11) is 1.61. The van der Waals surface area contributed by atoms with E-state index in [2.05, 4.69) is 88.2 Å². The third-order valence-corrected chi connectivity index (χ3v) is 8.99. The topological polar surface area (TPSA) is 64.8 Å². The molecule has 0 saturated carbocycles. The Morgan fingerprint density at radius 2 is 1.77 bits per heavy atom. The Hall–Kier alpha value is -3.36. The molecule has 0 saturated heterocycles. The average Bonchev–Trinajstić information content (AvgIpc) is 3.47. The van der Waals surface area contributed by atoms with E-state index in [1.54, 1.807) is 24.7 Å². The quantitative estimate of drug-likeness (QED) is 0.167. The molecule has 1 amide bonds. The van der Waals surface area contributed by atoms with Crippen molar-refractivity contribution in [1.29, 1.82) is 0 Å². The summed E-state index contributed by atoms with van der Waals surface area (Å²) in [5.41, 5.74) is 9.97. The third-order valence-electron chi connectivity index (χ3n) is 7.02. The molecule has 5 rings (SSSR count). The van der Waals surface area contributed by atoms with Crippen LogP contribution in [-0.4, -0.2) is 23.8 Å². The number of carbonyl (C=O) groups excluding carboxylic acids is 1. The number of aromatic nitrogens is 1. The fraction of sp³-hybridized carbons (Fsp3) is 0.290. The first kappa shape index (κ1) is 27.2. The van der Waals surface area contributed by atoms with E-state index >= 15 is 0 Å². The predicted molar refractivity (Wildman–Crippen MR) is 161 cm³/mol. The molecule has 202 valence electrons.